The van der Waals surface area contributed by atoms with Crippen molar-refractivity contribution < 1.29 is 51.4 Å². The first-order valence-electron chi connectivity index (χ1n) is 10.4. The van der Waals surface area contributed by atoms with Gasteiger partial charge in [-0.05, 0) is 0 Å². The second-order valence-electron chi connectivity index (χ2n) is 8.00. The number of halogens is 2. The van der Waals surface area contributed by atoms with Crippen LogP contribution in [0.1, 0.15) is 32.4 Å². The number of hydrogen-bond donors (Lipinski definition) is 0. The van der Waals surface area contributed by atoms with E-state index >= 15 is 0 Å². The minimum absolute atomic E-state index is 0. The summed E-state index contributed by atoms with van der Waals surface area (Å²) in [5, 5.41) is 4.71. The molecule has 0 aliphatic carbocycles. The van der Waals surface area contributed by atoms with Gasteiger partial charge in [-0.2, -0.15) is 0 Å². The van der Waals surface area contributed by atoms with E-state index in [-0.39, 0.29) is 30.7 Å². The Hall–Kier alpha value is -2.01. The Morgan fingerprint density at radius 2 is 1.18 bits per heavy atom. The number of benzene rings is 4. The molecule has 0 fully saturated rings. The summed E-state index contributed by atoms with van der Waals surface area (Å²) in [6, 6.07) is 28.2. The molecule has 0 radical (unpaired) electrons. The molecule has 0 spiro atoms. The van der Waals surface area contributed by atoms with Crippen LogP contribution < -0.4 is 31.5 Å². The van der Waals surface area contributed by atoms with Crippen molar-refractivity contribution in [3.63, 3.8) is 0 Å². The van der Waals surface area contributed by atoms with Gasteiger partial charge in [-0.3, -0.25) is 0 Å². The summed E-state index contributed by atoms with van der Waals surface area (Å²) in [5.74, 6) is 2.02. The van der Waals surface area contributed by atoms with Gasteiger partial charge >= 0.3 is 196 Å². The molecule has 1 aromatic heterocycles. The zero-order chi connectivity index (χ0) is 20.9. The van der Waals surface area contributed by atoms with Crippen LogP contribution in [0.5, 0.6) is 11.5 Å². The van der Waals surface area contributed by atoms with E-state index in [0.29, 0.717) is 0 Å². The maximum absolute atomic E-state index is 6.45. The Bertz CT molecular complexity index is 1380. The predicted molar refractivity (Wildman–Crippen MR) is 124 cm³/mol. The molecule has 0 amide bonds. The first-order chi connectivity index (χ1) is 15.2. The second kappa shape index (κ2) is 9.70. The largest absolute Gasteiger partial charge is 1.00 e. The molecule has 6 heteroatoms. The SMILES string of the molecule is Cc1cc(C2c3ccc4ccccc4c3[O][Ti+2][O]c3c2ccc2ccccc32)c(C)s1.[Cl-].[Cl-]. The van der Waals surface area contributed by atoms with Crippen molar-refractivity contribution >= 4 is 32.9 Å². The smallest absolute Gasteiger partial charge is 1.00 e. The van der Waals surface area contributed by atoms with Crippen LogP contribution >= 0.6 is 11.3 Å². The van der Waals surface area contributed by atoms with Gasteiger partial charge in [0.1, 0.15) is 0 Å². The van der Waals surface area contributed by atoms with Gasteiger partial charge in [-0.25, -0.2) is 0 Å². The Labute approximate surface area is 219 Å². The number of rotatable bonds is 1. The maximum atomic E-state index is 6.45. The van der Waals surface area contributed by atoms with Crippen molar-refractivity contribution in [1.29, 1.82) is 0 Å². The van der Waals surface area contributed by atoms with Crippen molar-refractivity contribution in [2.75, 3.05) is 0 Å². The molecular weight excluding hydrogens is 507 g/mol. The summed E-state index contributed by atoms with van der Waals surface area (Å²) < 4.78 is 12.9. The number of hydrogen-bond acceptors (Lipinski definition) is 3. The average Bonchev–Trinajstić information content (AvgIpc) is 3.11. The molecule has 0 N–H and O–H groups in total. The first-order valence-corrected chi connectivity index (χ1v) is 12.5. The Morgan fingerprint density at radius 1 is 0.667 bits per heavy atom. The van der Waals surface area contributed by atoms with Gasteiger partial charge in [-0.15, -0.1) is 0 Å². The maximum Gasteiger partial charge on any atom is -1.00 e. The van der Waals surface area contributed by atoms with Crippen LogP contribution in [-0.4, -0.2) is 0 Å². The molecule has 2 nitrogen and oxygen atoms in total. The topological polar surface area (TPSA) is 18.5 Å². The molecule has 1 aliphatic heterocycles. The van der Waals surface area contributed by atoms with Gasteiger partial charge in [-0.1, -0.05) is 0 Å². The molecule has 0 saturated heterocycles. The van der Waals surface area contributed by atoms with Crippen molar-refractivity contribution in [2.45, 2.75) is 19.8 Å². The Kier molecular flexibility index (Phi) is 7.09. The van der Waals surface area contributed by atoms with Gasteiger partial charge in [0.15, 0.2) is 0 Å². The van der Waals surface area contributed by atoms with Crippen molar-refractivity contribution in [2.24, 2.45) is 0 Å². The average molecular weight is 527 g/mol. The fourth-order valence-corrected chi connectivity index (χ4v) is 6.75. The van der Waals surface area contributed by atoms with E-state index in [2.05, 4.69) is 92.7 Å². The van der Waals surface area contributed by atoms with Crippen LogP contribution in [0.4, 0.5) is 0 Å². The molecule has 164 valence electrons. The Balaban J connectivity index is 0.00000130. The van der Waals surface area contributed by atoms with Crippen LogP contribution in [0.2, 0.25) is 0 Å². The first kappa shape index (κ1) is 24.1. The molecule has 0 saturated carbocycles. The van der Waals surface area contributed by atoms with Crippen LogP contribution in [0.3, 0.4) is 0 Å². The fraction of sp³-hybridized carbons (Fsp3) is 0.111. The molecule has 1 aliphatic rings. The van der Waals surface area contributed by atoms with Crippen molar-refractivity contribution in [1.82, 2.24) is 0 Å². The molecule has 5 aromatic rings. The van der Waals surface area contributed by atoms with E-state index in [1.165, 1.54) is 37.2 Å². The zero-order valence-electron chi connectivity index (χ0n) is 18.1. The van der Waals surface area contributed by atoms with Crippen LogP contribution in [0, 0.1) is 13.8 Å². The van der Waals surface area contributed by atoms with Gasteiger partial charge in [0.05, 0.1) is 0 Å². The molecule has 0 atom stereocenters. The van der Waals surface area contributed by atoms with E-state index in [4.69, 9.17) is 6.64 Å². The summed E-state index contributed by atoms with van der Waals surface area (Å²) in [7, 11) is 0. The van der Waals surface area contributed by atoms with Crippen molar-refractivity contribution in [3.8, 4) is 11.5 Å². The van der Waals surface area contributed by atoms with Crippen LogP contribution in [0.25, 0.3) is 21.5 Å². The van der Waals surface area contributed by atoms with E-state index in [9.17, 15) is 0 Å². The van der Waals surface area contributed by atoms with Crippen LogP contribution in [-0.2, 0) is 19.9 Å². The molecule has 33 heavy (non-hydrogen) atoms. The van der Waals surface area contributed by atoms with Crippen molar-refractivity contribution in [3.05, 3.63) is 105 Å². The summed E-state index contributed by atoms with van der Waals surface area (Å²) in [5.41, 5.74) is 3.79. The van der Waals surface area contributed by atoms with E-state index < -0.39 is 19.9 Å². The molecule has 0 bridgehead atoms. The molecule has 4 aromatic carbocycles. The normalized spacial score (nSPS) is 12.4. The zero-order valence-corrected chi connectivity index (χ0v) is 22.0. The summed E-state index contributed by atoms with van der Waals surface area (Å²) >= 11 is 0.755. The third kappa shape index (κ3) is 4.07. The fourth-order valence-electron chi connectivity index (χ4n) is 4.75. The van der Waals surface area contributed by atoms with E-state index in [1.54, 1.807) is 0 Å². The minimum atomic E-state index is -1.10. The van der Waals surface area contributed by atoms with Gasteiger partial charge in [0, 0.05) is 0 Å². The third-order valence-electron chi connectivity index (χ3n) is 6.12. The molecule has 2 heterocycles. The quantitative estimate of drug-likeness (QED) is 0.308. The predicted octanol–water partition coefficient (Wildman–Crippen LogP) is 1.54. The van der Waals surface area contributed by atoms with Gasteiger partial charge < -0.3 is 24.8 Å². The third-order valence-corrected chi connectivity index (χ3v) is 8.00. The number of aryl methyl sites for hydroxylation is 2. The molecular formula is C27H20Cl2O2STi. The monoisotopic (exact) mass is 526 g/mol. The van der Waals surface area contributed by atoms with E-state index in [0.717, 1.165) is 22.3 Å². The standard InChI is InChI=1S/C27H22O2S.2ClH.Ti/c1-16-15-24(17(2)30-16)25(22-13-11-18-7-3-5-9-20(18)26(22)28)23-14-12-19-8-4-6-10-21(19)27(23)29;;;/h3-15,25,28-29H,1-2H3;2*1H;/q;;;+4/p-4. The van der Waals surface area contributed by atoms with E-state index in [1.807, 2.05) is 11.3 Å². The summed E-state index contributed by atoms with van der Waals surface area (Å²) in [4.78, 5) is 2.67. The van der Waals surface area contributed by atoms with Crippen LogP contribution in [0.15, 0.2) is 78.9 Å². The van der Waals surface area contributed by atoms with Gasteiger partial charge in [0.25, 0.3) is 0 Å². The Morgan fingerprint density at radius 3 is 1.67 bits per heavy atom. The summed E-state index contributed by atoms with van der Waals surface area (Å²) in [6.45, 7) is 4.41. The number of thiophene rings is 1. The minimum Gasteiger partial charge on any atom is -1.00 e. The summed E-state index contributed by atoms with van der Waals surface area (Å²) in [6.07, 6.45) is 0. The second-order valence-corrected chi connectivity index (χ2v) is 10.4. The molecule has 0 unspecified atom stereocenters. The van der Waals surface area contributed by atoms with Gasteiger partial charge in [0.2, 0.25) is 0 Å². The molecule has 6 rings (SSSR count). The number of fused-ring (bicyclic) bond motifs is 6.